The highest BCUT2D eigenvalue weighted by Gasteiger charge is 2.29. The SMILES string of the molecule is CCC(N)C(c1ccc(Cl)cc1)N1CCn2cnnc2C1. The van der Waals surface area contributed by atoms with Gasteiger partial charge in [0.2, 0.25) is 0 Å². The minimum absolute atomic E-state index is 0.0839. The summed E-state index contributed by atoms with van der Waals surface area (Å²) in [4.78, 5) is 2.39. The van der Waals surface area contributed by atoms with Crippen LogP contribution in [-0.4, -0.2) is 32.3 Å². The zero-order chi connectivity index (χ0) is 14.8. The average molecular weight is 306 g/mol. The van der Waals surface area contributed by atoms with E-state index in [1.54, 1.807) is 6.33 Å². The van der Waals surface area contributed by atoms with E-state index < -0.39 is 0 Å². The van der Waals surface area contributed by atoms with Gasteiger partial charge in [0.1, 0.15) is 12.2 Å². The number of rotatable bonds is 4. The molecule has 2 N–H and O–H groups in total. The van der Waals surface area contributed by atoms with Crippen LogP contribution >= 0.6 is 11.6 Å². The third-order valence-electron chi connectivity index (χ3n) is 4.15. The summed E-state index contributed by atoms with van der Waals surface area (Å²) in [5.41, 5.74) is 7.61. The first-order chi connectivity index (χ1) is 10.2. The lowest BCUT2D eigenvalue weighted by atomic mass is 9.96. The van der Waals surface area contributed by atoms with Gasteiger partial charge >= 0.3 is 0 Å². The summed E-state index contributed by atoms with van der Waals surface area (Å²) in [5.74, 6) is 1.00. The maximum absolute atomic E-state index is 6.40. The molecular formula is C15H20ClN5. The van der Waals surface area contributed by atoms with E-state index in [1.165, 1.54) is 5.56 Å². The summed E-state index contributed by atoms with van der Waals surface area (Å²) in [5, 5.41) is 8.93. The summed E-state index contributed by atoms with van der Waals surface area (Å²) in [6.07, 6.45) is 2.72. The summed E-state index contributed by atoms with van der Waals surface area (Å²) in [7, 11) is 0. The fraction of sp³-hybridized carbons (Fsp3) is 0.467. The Morgan fingerprint density at radius 1 is 1.29 bits per heavy atom. The maximum Gasteiger partial charge on any atom is 0.147 e. The summed E-state index contributed by atoms with van der Waals surface area (Å²) >= 11 is 6.00. The first-order valence-corrected chi connectivity index (χ1v) is 7.68. The lowest BCUT2D eigenvalue weighted by molar-refractivity contribution is 0.130. The van der Waals surface area contributed by atoms with Crippen molar-refractivity contribution in [1.29, 1.82) is 0 Å². The standard InChI is InChI=1S/C15H20ClN5/c1-2-13(17)15(11-3-5-12(16)6-4-11)20-7-8-21-10-18-19-14(21)9-20/h3-6,10,13,15H,2,7-9,17H2,1H3. The second-order valence-electron chi connectivity index (χ2n) is 5.48. The van der Waals surface area contributed by atoms with Crippen molar-refractivity contribution in [3.8, 4) is 0 Å². The van der Waals surface area contributed by atoms with E-state index in [0.29, 0.717) is 0 Å². The Hall–Kier alpha value is -1.43. The number of hydrogen-bond acceptors (Lipinski definition) is 4. The zero-order valence-electron chi connectivity index (χ0n) is 12.1. The van der Waals surface area contributed by atoms with Gasteiger partial charge < -0.3 is 10.3 Å². The van der Waals surface area contributed by atoms with Gasteiger partial charge in [-0.1, -0.05) is 30.7 Å². The molecule has 1 aromatic carbocycles. The molecule has 2 heterocycles. The molecule has 1 aliphatic heterocycles. The molecule has 0 radical (unpaired) electrons. The highest BCUT2D eigenvalue weighted by atomic mass is 35.5. The number of aromatic nitrogens is 3. The average Bonchev–Trinajstić information content (AvgIpc) is 2.97. The van der Waals surface area contributed by atoms with Crippen molar-refractivity contribution in [2.75, 3.05) is 6.54 Å². The number of fused-ring (bicyclic) bond motifs is 1. The van der Waals surface area contributed by atoms with E-state index in [-0.39, 0.29) is 12.1 Å². The summed E-state index contributed by atoms with van der Waals surface area (Å²) < 4.78 is 2.10. The van der Waals surface area contributed by atoms with E-state index in [2.05, 4.69) is 38.7 Å². The van der Waals surface area contributed by atoms with Crippen LogP contribution in [0.5, 0.6) is 0 Å². The Balaban J connectivity index is 1.88. The van der Waals surface area contributed by atoms with E-state index in [4.69, 9.17) is 17.3 Å². The topological polar surface area (TPSA) is 60.0 Å². The van der Waals surface area contributed by atoms with Crippen molar-refractivity contribution in [2.24, 2.45) is 5.73 Å². The monoisotopic (exact) mass is 305 g/mol. The van der Waals surface area contributed by atoms with Gasteiger partial charge in [-0.05, 0) is 24.1 Å². The third kappa shape index (κ3) is 2.95. The summed E-state index contributed by atoms with van der Waals surface area (Å²) in [6, 6.07) is 8.26. The largest absolute Gasteiger partial charge is 0.326 e. The normalized spacial score (nSPS) is 18.2. The lowest BCUT2D eigenvalue weighted by Crippen LogP contribution is -2.44. The van der Waals surface area contributed by atoms with Gasteiger partial charge in [0.15, 0.2) is 0 Å². The highest BCUT2D eigenvalue weighted by Crippen LogP contribution is 2.29. The molecule has 1 aliphatic rings. The zero-order valence-corrected chi connectivity index (χ0v) is 12.9. The second-order valence-corrected chi connectivity index (χ2v) is 5.92. The minimum Gasteiger partial charge on any atom is -0.326 e. The third-order valence-corrected chi connectivity index (χ3v) is 4.40. The lowest BCUT2D eigenvalue weighted by Gasteiger charge is -2.37. The molecule has 6 heteroatoms. The van der Waals surface area contributed by atoms with Crippen molar-refractivity contribution in [3.05, 3.63) is 47.0 Å². The first-order valence-electron chi connectivity index (χ1n) is 7.31. The fourth-order valence-corrected chi connectivity index (χ4v) is 3.06. The predicted octanol–water partition coefficient (Wildman–Crippen LogP) is 2.23. The van der Waals surface area contributed by atoms with Gasteiger partial charge in [0.25, 0.3) is 0 Å². The van der Waals surface area contributed by atoms with E-state index in [0.717, 1.165) is 36.9 Å². The molecule has 0 saturated carbocycles. The van der Waals surface area contributed by atoms with Crippen molar-refractivity contribution < 1.29 is 0 Å². The van der Waals surface area contributed by atoms with Gasteiger partial charge in [-0.2, -0.15) is 0 Å². The Morgan fingerprint density at radius 2 is 2.05 bits per heavy atom. The Kier molecular flexibility index (Phi) is 4.24. The number of benzene rings is 1. The van der Waals surface area contributed by atoms with Gasteiger partial charge in [0.05, 0.1) is 12.6 Å². The Morgan fingerprint density at radius 3 is 2.76 bits per heavy atom. The van der Waals surface area contributed by atoms with Crippen LogP contribution in [0.4, 0.5) is 0 Å². The molecule has 5 nitrogen and oxygen atoms in total. The van der Waals surface area contributed by atoms with Crippen LogP contribution < -0.4 is 5.73 Å². The number of halogens is 1. The van der Waals surface area contributed by atoms with Crippen molar-refractivity contribution in [1.82, 2.24) is 19.7 Å². The smallest absolute Gasteiger partial charge is 0.147 e. The second kappa shape index (κ2) is 6.13. The molecule has 2 atom stereocenters. The van der Waals surface area contributed by atoms with Gasteiger partial charge in [-0.15, -0.1) is 10.2 Å². The quantitative estimate of drug-likeness (QED) is 0.941. The van der Waals surface area contributed by atoms with Gasteiger partial charge in [-0.25, -0.2) is 0 Å². The van der Waals surface area contributed by atoms with Crippen LogP contribution in [0.25, 0.3) is 0 Å². The van der Waals surface area contributed by atoms with Crippen molar-refractivity contribution in [2.45, 2.75) is 38.5 Å². The minimum atomic E-state index is 0.0839. The predicted molar refractivity (Wildman–Crippen MR) is 82.9 cm³/mol. The van der Waals surface area contributed by atoms with Crippen molar-refractivity contribution in [3.63, 3.8) is 0 Å². The Bertz CT molecular complexity index is 594. The first kappa shape index (κ1) is 14.5. The highest BCUT2D eigenvalue weighted by molar-refractivity contribution is 6.30. The van der Waals surface area contributed by atoms with Crippen LogP contribution in [0.2, 0.25) is 5.02 Å². The van der Waals surface area contributed by atoms with Crippen molar-refractivity contribution >= 4 is 11.6 Å². The molecule has 0 spiro atoms. The molecule has 3 rings (SSSR count). The molecule has 0 fully saturated rings. The maximum atomic E-state index is 6.40. The van der Waals surface area contributed by atoms with Gasteiger partial charge in [-0.3, -0.25) is 4.90 Å². The summed E-state index contributed by atoms with van der Waals surface area (Å²) in [6.45, 7) is 4.76. The molecule has 0 amide bonds. The van der Waals surface area contributed by atoms with E-state index >= 15 is 0 Å². The van der Waals surface area contributed by atoms with E-state index in [9.17, 15) is 0 Å². The number of hydrogen-bond donors (Lipinski definition) is 1. The van der Waals surface area contributed by atoms with Crippen LogP contribution in [0.3, 0.4) is 0 Å². The molecule has 2 aromatic rings. The Labute approximate surface area is 129 Å². The fourth-order valence-electron chi connectivity index (χ4n) is 2.93. The van der Waals surface area contributed by atoms with Crippen LogP contribution in [0, 0.1) is 0 Å². The molecule has 2 unspecified atom stereocenters. The molecular weight excluding hydrogens is 286 g/mol. The number of nitrogens with two attached hydrogens (primary N) is 1. The van der Waals surface area contributed by atoms with Gasteiger partial charge in [0, 0.05) is 24.2 Å². The van der Waals surface area contributed by atoms with Crippen LogP contribution in [-0.2, 0) is 13.1 Å². The van der Waals surface area contributed by atoms with E-state index in [1.807, 2.05) is 12.1 Å². The molecule has 21 heavy (non-hydrogen) atoms. The molecule has 0 bridgehead atoms. The molecule has 112 valence electrons. The molecule has 1 aromatic heterocycles. The molecule has 0 saturated heterocycles. The number of nitrogens with zero attached hydrogens (tertiary/aromatic N) is 4. The van der Waals surface area contributed by atoms with Crippen LogP contribution in [0.1, 0.15) is 30.8 Å². The molecule has 0 aliphatic carbocycles. The van der Waals surface area contributed by atoms with Crippen LogP contribution in [0.15, 0.2) is 30.6 Å².